The molecule has 1 aromatic heterocycles. The molecule has 6 nitrogen and oxygen atoms in total. The van der Waals surface area contributed by atoms with Crippen LogP contribution >= 0.6 is 0 Å². The summed E-state index contributed by atoms with van der Waals surface area (Å²) in [5, 5.41) is 3.96. The Morgan fingerprint density at radius 1 is 1.17 bits per heavy atom. The number of hydrogen-bond acceptors (Lipinski definition) is 5. The summed E-state index contributed by atoms with van der Waals surface area (Å²) in [6, 6.07) is 7.55. The molecule has 30 heavy (non-hydrogen) atoms. The first kappa shape index (κ1) is 20.9. The van der Waals surface area contributed by atoms with Crippen molar-refractivity contribution in [2.45, 2.75) is 45.1 Å². The van der Waals surface area contributed by atoms with E-state index >= 15 is 0 Å². The second-order valence-corrected chi connectivity index (χ2v) is 8.52. The lowest BCUT2D eigenvalue weighted by Crippen LogP contribution is -2.51. The molecule has 0 radical (unpaired) electrons. The molecule has 1 saturated carbocycles. The van der Waals surface area contributed by atoms with Gasteiger partial charge >= 0.3 is 0 Å². The lowest BCUT2D eigenvalue weighted by Gasteiger charge is -2.36. The van der Waals surface area contributed by atoms with E-state index in [1.807, 2.05) is 17.0 Å². The van der Waals surface area contributed by atoms with Crippen LogP contribution in [0.1, 0.15) is 44.9 Å². The highest BCUT2D eigenvalue weighted by atomic mass is 19.3. The van der Waals surface area contributed by atoms with Gasteiger partial charge in [-0.3, -0.25) is 9.69 Å². The number of fused-ring (bicyclic) bond motifs is 1. The van der Waals surface area contributed by atoms with Gasteiger partial charge in [-0.1, -0.05) is 31.9 Å². The molecule has 1 amide bonds. The molecule has 8 heteroatoms. The Morgan fingerprint density at radius 2 is 1.93 bits per heavy atom. The first-order chi connectivity index (χ1) is 14.5. The van der Waals surface area contributed by atoms with Gasteiger partial charge in [-0.2, -0.15) is 0 Å². The van der Waals surface area contributed by atoms with Crippen molar-refractivity contribution in [2.24, 2.45) is 5.92 Å². The maximum Gasteiger partial charge on any atom is 0.297 e. The molecule has 2 aliphatic rings. The van der Waals surface area contributed by atoms with Crippen molar-refractivity contribution in [2.75, 3.05) is 37.6 Å². The van der Waals surface area contributed by atoms with Crippen molar-refractivity contribution in [3.05, 3.63) is 30.1 Å². The van der Waals surface area contributed by atoms with Crippen LogP contribution in [0, 0.1) is 5.92 Å². The van der Waals surface area contributed by atoms with Crippen LogP contribution in [0.15, 0.2) is 24.3 Å². The Kier molecular flexibility index (Phi) is 6.41. The third kappa shape index (κ3) is 4.86. The summed E-state index contributed by atoms with van der Waals surface area (Å²) < 4.78 is 26.5. The second-order valence-electron chi connectivity index (χ2n) is 8.52. The molecule has 1 saturated heterocycles. The second kappa shape index (κ2) is 9.20. The zero-order valence-electron chi connectivity index (χ0n) is 17.4. The fraction of sp³-hybridized carbons (Fsp3) is 0.591. The Labute approximate surface area is 175 Å². The van der Waals surface area contributed by atoms with Gasteiger partial charge in [-0.25, -0.2) is 18.7 Å². The number of alkyl halides is 2. The van der Waals surface area contributed by atoms with Gasteiger partial charge in [0.05, 0.1) is 12.1 Å². The summed E-state index contributed by atoms with van der Waals surface area (Å²) in [4.78, 5) is 24.8. The molecule has 2 aromatic rings. The van der Waals surface area contributed by atoms with E-state index in [1.54, 1.807) is 12.1 Å². The maximum atomic E-state index is 13.3. The topological polar surface area (TPSA) is 61.4 Å². The minimum absolute atomic E-state index is 0.0787. The summed E-state index contributed by atoms with van der Waals surface area (Å²) in [5.74, 6) is 0.867. The zero-order chi connectivity index (χ0) is 21.1. The number of hydrogen-bond donors (Lipinski definition) is 1. The maximum absolute atomic E-state index is 13.3. The van der Waals surface area contributed by atoms with Gasteiger partial charge in [0, 0.05) is 37.6 Å². The number of halogens is 2. The summed E-state index contributed by atoms with van der Waals surface area (Å²) in [6.45, 7) is 5.28. The molecule has 2 heterocycles. The van der Waals surface area contributed by atoms with Crippen molar-refractivity contribution < 1.29 is 13.6 Å². The highest BCUT2D eigenvalue weighted by Crippen LogP contribution is 2.28. The van der Waals surface area contributed by atoms with E-state index in [4.69, 9.17) is 0 Å². The van der Waals surface area contributed by atoms with E-state index in [2.05, 4.69) is 27.1 Å². The molecular formula is C22H29F2N5O. The van der Waals surface area contributed by atoms with Gasteiger partial charge in [0.25, 0.3) is 6.43 Å². The number of aromatic nitrogens is 2. The van der Waals surface area contributed by atoms with Crippen molar-refractivity contribution in [3.8, 4) is 0 Å². The number of piperazine rings is 1. The normalized spacial score (nSPS) is 23.1. The van der Waals surface area contributed by atoms with E-state index in [0.29, 0.717) is 56.0 Å². The molecule has 1 aliphatic heterocycles. The number of anilines is 1. The molecule has 0 spiro atoms. The largest absolute Gasteiger partial charge is 0.353 e. The van der Waals surface area contributed by atoms with E-state index in [-0.39, 0.29) is 5.91 Å². The van der Waals surface area contributed by atoms with Gasteiger partial charge in [0.15, 0.2) is 5.82 Å². The smallest absolute Gasteiger partial charge is 0.297 e. The van der Waals surface area contributed by atoms with Gasteiger partial charge in [0.1, 0.15) is 5.82 Å². The van der Waals surface area contributed by atoms with Crippen LogP contribution in [-0.2, 0) is 4.79 Å². The van der Waals surface area contributed by atoms with Crippen molar-refractivity contribution in [3.63, 3.8) is 0 Å². The average Bonchev–Trinajstić information content (AvgIpc) is 2.73. The number of benzene rings is 1. The van der Waals surface area contributed by atoms with Crippen molar-refractivity contribution >= 4 is 22.6 Å². The number of nitrogens with one attached hydrogen (secondary N) is 1. The van der Waals surface area contributed by atoms with Crippen LogP contribution in [0.25, 0.3) is 10.9 Å². The number of para-hydroxylation sites is 1. The Hall–Kier alpha value is -2.35. The van der Waals surface area contributed by atoms with E-state index in [1.165, 1.54) is 12.8 Å². The fourth-order valence-electron chi connectivity index (χ4n) is 4.58. The van der Waals surface area contributed by atoms with Crippen molar-refractivity contribution in [1.29, 1.82) is 0 Å². The quantitative estimate of drug-likeness (QED) is 0.808. The fourth-order valence-corrected chi connectivity index (χ4v) is 4.58. The van der Waals surface area contributed by atoms with Crippen LogP contribution in [0.2, 0.25) is 0 Å². The van der Waals surface area contributed by atoms with E-state index in [9.17, 15) is 13.6 Å². The summed E-state index contributed by atoms with van der Waals surface area (Å²) >= 11 is 0. The molecule has 1 aromatic carbocycles. The minimum Gasteiger partial charge on any atom is -0.353 e. The highest BCUT2D eigenvalue weighted by molar-refractivity contribution is 5.89. The molecule has 162 valence electrons. The molecule has 0 bridgehead atoms. The Morgan fingerprint density at radius 3 is 2.67 bits per heavy atom. The summed E-state index contributed by atoms with van der Waals surface area (Å²) in [7, 11) is 0. The SMILES string of the molecule is CC1CCCC(NC(=O)CN2CCN(c3nc(C(F)F)nc4ccccc34)CC2)C1. The summed E-state index contributed by atoms with van der Waals surface area (Å²) in [5.41, 5.74) is 0.529. The van der Waals surface area contributed by atoms with Gasteiger partial charge in [-0.05, 0) is 30.9 Å². The monoisotopic (exact) mass is 417 g/mol. The standard InChI is InChI=1S/C22H29F2N5O/c1-15-5-4-6-16(13-15)25-19(30)14-28-9-11-29(12-10-28)22-17-7-2-3-8-18(17)26-21(27-22)20(23)24/h2-3,7-8,15-16,20H,4-6,9-14H2,1H3,(H,25,30). The van der Waals surface area contributed by atoms with Gasteiger partial charge < -0.3 is 10.2 Å². The van der Waals surface area contributed by atoms with Gasteiger partial charge in [-0.15, -0.1) is 0 Å². The molecule has 2 fully saturated rings. The molecule has 1 aliphatic carbocycles. The van der Waals surface area contributed by atoms with Crippen LogP contribution in [0.5, 0.6) is 0 Å². The third-order valence-corrected chi connectivity index (χ3v) is 6.14. The van der Waals surface area contributed by atoms with Crippen molar-refractivity contribution in [1.82, 2.24) is 20.2 Å². The summed E-state index contributed by atoms with van der Waals surface area (Å²) in [6.07, 6.45) is 1.85. The first-order valence-corrected chi connectivity index (χ1v) is 10.8. The number of carbonyl (C=O) groups excluding carboxylic acids is 1. The van der Waals surface area contributed by atoms with Crippen LogP contribution in [0.3, 0.4) is 0 Å². The lowest BCUT2D eigenvalue weighted by molar-refractivity contribution is -0.123. The molecule has 4 rings (SSSR count). The number of rotatable bonds is 5. The highest BCUT2D eigenvalue weighted by Gasteiger charge is 2.25. The third-order valence-electron chi connectivity index (χ3n) is 6.14. The average molecular weight is 418 g/mol. The number of amides is 1. The zero-order valence-corrected chi connectivity index (χ0v) is 17.4. The molecule has 2 unspecified atom stereocenters. The Balaban J connectivity index is 1.37. The molecule has 1 N–H and O–H groups in total. The van der Waals surface area contributed by atoms with E-state index < -0.39 is 12.2 Å². The first-order valence-electron chi connectivity index (χ1n) is 10.8. The van der Waals surface area contributed by atoms with Crippen LogP contribution < -0.4 is 10.2 Å². The molecule has 2 atom stereocenters. The predicted molar refractivity (Wildman–Crippen MR) is 113 cm³/mol. The van der Waals surface area contributed by atoms with Crippen LogP contribution in [0.4, 0.5) is 14.6 Å². The Bertz CT molecular complexity index is 885. The minimum atomic E-state index is -2.71. The van der Waals surface area contributed by atoms with E-state index in [0.717, 1.165) is 18.2 Å². The van der Waals surface area contributed by atoms with Gasteiger partial charge in [0.2, 0.25) is 5.91 Å². The number of carbonyl (C=O) groups is 1. The van der Waals surface area contributed by atoms with Crippen LogP contribution in [-0.4, -0.2) is 59.5 Å². The lowest BCUT2D eigenvalue weighted by atomic mass is 9.87. The molecular weight excluding hydrogens is 388 g/mol. The predicted octanol–water partition coefficient (Wildman–Crippen LogP) is 3.38. The number of nitrogens with zero attached hydrogens (tertiary/aromatic N) is 4.